The van der Waals surface area contributed by atoms with Crippen molar-refractivity contribution in [3.8, 4) is 0 Å². The van der Waals surface area contributed by atoms with Gasteiger partial charge in [-0.25, -0.2) is 4.98 Å². The van der Waals surface area contributed by atoms with Crippen LogP contribution in [0.15, 0.2) is 47.0 Å². The Morgan fingerprint density at radius 1 is 1.26 bits per heavy atom. The van der Waals surface area contributed by atoms with Crippen LogP contribution in [0.5, 0.6) is 0 Å². The van der Waals surface area contributed by atoms with Gasteiger partial charge in [0.2, 0.25) is 5.91 Å². The molecule has 114 valence electrons. The van der Waals surface area contributed by atoms with E-state index in [2.05, 4.69) is 21.5 Å². The fraction of sp³-hybridized carbons (Fsp3) is 0.118. The molecular formula is C17H13N3O2S. The van der Waals surface area contributed by atoms with Gasteiger partial charge in [0, 0.05) is 5.39 Å². The second-order valence-electron chi connectivity index (χ2n) is 5.34. The number of amides is 1. The van der Waals surface area contributed by atoms with Crippen molar-refractivity contribution in [3.63, 3.8) is 0 Å². The summed E-state index contributed by atoms with van der Waals surface area (Å²) in [6.45, 7) is 2.03. The molecule has 5 nitrogen and oxygen atoms in total. The lowest BCUT2D eigenvalue weighted by atomic mass is 10.2. The number of benzene rings is 2. The lowest BCUT2D eigenvalue weighted by Crippen LogP contribution is -2.14. The molecule has 23 heavy (non-hydrogen) atoms. The van der Waals surface area contributed by atoms with Crippen molar-refractivity contribution in [2.75, 3.05) is 5.32 Å². The van der Waals surface area contributed by atoms with Crippen molar-refractivity contribution in [1.82, 2.24) is 10.1 Å². The van der Waals surface area contributed by atoms with Crippen LogP contribution in [-0.4, -0.2) is 16.0 Å². The Bertz CT molecular complexity index is 1020. The van der Waals surface area contributed by atoms with E-state index in [0.29, 0.717) is 16.4 Å². The van der Waals surface area contributed by atoms with Gasteiger partial charge in [0.25, 0.3) is 0 Å². The summed E-state index contributed by atoms with van der Waals surface area (Å²) in [5.74, 6) is -0.153. The molecule has 2 aromatic carbocycles. The van der Waals surface area contributed by atoms with E-state index in [1.54, 1.807) is 0 Å². The molecule has 2 heterocycles. The Morgan fingerprint density at radius 2 is 2.13 bits per heavy atom. The molecule has 0 saturated carbocycles. The third-order valence-electron chi connectivity index (χ3n) is 3.57. The zero-order valence-electron chi connectivity index (χ0n) is 12.4. The quantitative estimate of drug-likeness (QED) is 0.620. The molecule has 4 rings (SSSR count). The summed E-state index contributed by atoms with van der Waals surface area (Å²) in [6.07, 6.45) is 0.159. The Morgan fingerprint density at radius 3 is 3.04 bits per heavy atom. The Balaban J connectivity index is 1.54. The maximum Gasteiger partial charge on any atom is 0.232 e. The summed E-state index contributed by atoms with van der Waals surface area (Å²) >= 11 is 1.47. The number of fused-ring (bicyclic) bond motifs is 2. The van der Waals surface area contributed by atoms with Gasteiger partial charge in [0.15, 0.2) is 10.7 Å². The number of carbonyl (C=O) groups is 1. The van der Waals surface area contributed by atoms with Crippen molar-refractivity contribution in [3.05, 3.63) is 53.7 Å². The van der Waals surface area contributed by atoms with Gasteiger partial charge in [-0.05, 0) is 36.8 Å². The van der Waals surface area contributed by atoms with Gasteiger partial charge in [0.05, 0.1) is 16.6 Å². The first-order valence-corrected chi connectivity index (χ1v) is 8.01. The molecule has 0 aliphatic rings. The molecule has 1 amide bonds. The standard InChI is InChI=1S/C17H13N3O2S/c1-10-6-7-12-15(8-10)23-17(18-12)19-16(21)9-13-11-4-2-3-5-14(11)22-20-13/h2-8H,9H2,1H3,(H,18,19,21). The van der Waals surface area contributed by atoms with Gasteiger partial charge in [-0.15, -0.1) is 0 Å². The van der Waals surface area contributed by atoms with Crippen molar-refractivity contribution >= 4 is 43.6 Å². The minimum atomic E-state index is -0.153. The van der Waals surface area contributed by atoms with Crippen LogP contribution in [0, 0.1) is 6.92 Å². The van der Waals surface area contributed by atoms with Crippen molar-refractivity contribution in [2.45, 2.75) is 13.3 Å². The highest BCUT2D eigenvalue weighted by atomic mass is 32.1. The van der Waals surface area contributed by atoms with Crippen LogP contribution >= 0.6 is 11.3 Å². The smallest absolute Gasteiger partial charge is 0.232 e. The molecule has 0 unspecified atom stereocenters. The van der Waals surface area contributed by atoms with E-state index in [1.165, 1.54) is 16.9 Å². The number of para-hydroxylation sites is 1. The average Bonchev–Trinajstić information content (AvgIpc) is 3.11. The monoisotopic (exact) mass is 323 g/mol. The minimum Gasteiger partial charge on any atom is -0.356 e. The van der Waals surface area contributed by atoms with Crippen molar-refractivity contribution in [1.29, 1.82) is 0 Å². The van der Waals surface area contributed by atoms with Gasteiger partial charge < -0.3 is 9.84 Å². The average molecular weight is 323 g/mol. The highest BCUT2D eigenvalue weighted by molar-refractivity contribution is 7.22. The number of rotatable bonds is 3. The van der Waals surface area contributed by atoms with Gasteiger partial charge >= 0.3 is 0 Å². The SMILES string of the molecule is Cc1ccc2nc(NC(=O)Cc3noc4ccccc34)sc2c1. The molecular weight excluding hydrogens is 310 g/mol. The Hall–Kier alpha value is -2.73. The van der Waals surface area contributed by atoms with E-state index in [9.17, 15) is 4.79 Å². The molecule has 4 aromatic rings. The summed E-state index contributed by atoms with van der Waals surface area (Å²) in [7, 11) is 0. The second-order valence-corrected chi connectivity index (χ2v) is 6.37. The number of hydrogen-bond donors (Lipinski definition) is 1. The summed E-state index contributed by atoms with van der Waals surface area (Å²) in [5.41, 5.74) is 3.39. The summed E-state index contributed by atoms with van der Waals surface area (Å²) in [5, 5.41) is 8.28. The van der Waals surface area contributed by atoms with Crippen LogP contribution in [0.1, 0.15) is 11.3 Å². The molecule has 0 aliphatic carbocycles. The summed E-state index contributed by atoms with van der Waals surface area (Å²) in [4.78, 5) is 16.7. The van der Waals surface area contributed by atoms with E-state index in [-0.39, 0.29) is 12.3 Å². The Labute approximate surface area is 135 Å². The van der Waals surface area contributed by atoms with E-state index in [0.717, 1.165) is 15.6 Å². The number of nitrogens with zero attached hydrogens (tertiary/aromatic N) is 2. The van der Waals surface area contributed by atoms with Crippen LogP contribution in [0.25, 0.3) is 21.2 Å². The number of carbonyl (C=O) groups excluding carboxylic acids is 1. The third-order valence-corrected chi connectivity index (χ3v) is 4.50. The number of aryl methyl sites for hydroxylation is 1. The van der Waals surface area contributed by atoms with E-state index in [4.69, 9.17) is 4.52 Å². The first kappa shape index (κ1) is 13.9. The van der Waals surface area contributed by atoms with Crippen molar-refractivity contribution in [2.24, 2.45) is 0 Å². The maximum atomic E-state index is 12.2. The van der Waals surface area contributed by atoms with Crippen LogP contribution in [0.2, 0.25) is 0 Å². The van der Waals surface area contributed by atoms with Crippen molar-refractivity contribution < 1.29 is 9.32 Å². The third kappa shape index (κ3) is 2.68. The number of nitrogens with one attached hydrogen (secondary N) is 1. The zero-order chi connectivity index (χ0) is 15.8. The fourth-order valence-corrected chi connectivity index (χ4v) is 3.45. The molecule has 0 radical (unpaired) electrons. The van der Waals surface area contributed by atoms with Crippen LogP contribution in [0.3, 0.4) is 0 Å². The number of anilines is 1. The summed E-state index contributed by atoms with van der Waals surface area (Å²) < 4.78 is 6.28. The largest absolute Gasteiger partial charge is 0.356 e. The van der Waals surface area contributed by atoms with Crippen LogP contribution in [-0.2, 0) is 11.2 Å². The molecule has 6 heteroatoms. The number of thiazole rings is 1. The highest BCUT2D eigenvalue weighted by Gasteiger charge is 2.13. The normalized spacial score (nSPS) is 11.2. The number of hydrogen-bond acceptors (Lipinski definition) is 5. The number of aromatic nitrogens is 2. The first-order valence-electron chi connectivity index (χ1n) is 7.19. The molecule has 0 bridgehead atoms. The van der Waals surface area contributed by atoms with E-state index < -0.39 is 0 Å². The first-order chi connectivity index (χ1) is 11.2. The molecule has 0 atom stereocenters. The maximum absolute atomic E-state index is 12.2. The topological polar surface area (TPSA) is 68.0 Å². The Kier molecular flexibility index (Phi) is 3.31. The predicted molar refractivity (Wildman–Crippen MR) is 90.7 cm³/mol. The van der Waals surface area contributed by atoms with Gasteiger partial charge in [-0.1, -0.05) is 34.7 Å². The molecule has 0 saturated heterocycles. The lowest BCUT2D eigenvalue weighted by Gasteiger charge is -1.98. The van der Waals surface area contributed by atoms with Crippen LogP contribution in [0.4, 0.5) is 5.13 Å². The molecule has 0 spiro atoms. The minimum absolute atomic E-state index is 0.153. The molecule has 0 aliphatic heterocycles. The van der Waals surface area contributed by atoms with Gasteiger partial charge in [-0.2, -0.15) is 0 Å². The second kappa shape index (κ2) is 5.48. The van der Waals surface area contributed by atoms with Gasteiger partial charge in [0.1, 0.15) is 5.69 Å². The van der Waals surface area contributed by atoms with E-state index in [1.807, 2.05) is 43.3 Å². The zero-order valence-corrected chi connectivity index (χ0v) is 13.2. The highest BCUT2D eigenvalue weighted by Crippen LogP contribution is 2.27. The summed E-state index contributed by atoms with van der Waals surface area (Å²) in [6, 6.07) is 13.5. The lowest BCUT2D eigenvalue weighted by molar-refractivity contribution is -0.115. The predicted octanol–water partition coefficient (Wildman–Crippen LogP) is 3.93. The molecule has 1 N–H and O–H groups in total. The van der Waals surface area contributed by atoms with Gasteiger partial charge in [-0.3, -0.25) is 4.79 Å². The molecule has 2 aromatic heterocycles. The van der Waals surface area contributed by atoms with Crippen LogP contribution < -0.4 is 5.32 Å². The fourth-order valence-electron chi connectivity index (χ4n) is 2.47. The molecule has 0 fully saturated rings. The van der Waals surface area contributed by atoms with E-state index >= 15 is 0 Å².